The molecule has 1 aliphatic carbocycles. The normalized spacial score (nSPS) is 14.4. The zero-order chi connectivity index (χ0) is 14.0. The summed E-state index contributed by atoms with van der Waals surface area (Å²) in [5.41, 5.74) is 0.591. The minimum Gasteiger partial charge on any atom is -0.491 e. The van der Waals surface area contributed by atoms with E-state index in [0.717, 1.165) is 18.6 Å². The fourth-order valence-corrected chi connectivity index (χ4v) is 1.73. The molecule has 0 N–H and O–H groups in total. The molecule has 0 radical (unpaired) electrons. The predicted molar refractivity (Wildman–Crippen MR) is 73.9 cm³/mol. The van der Waals surface area contributed by atoms with Gasteiger partial charge in [-0.2, -0.15) is 0 Å². The lowest BCUT2D eigenvalue weighted by Crippen LogP contribution is -2.22. The second-order valence-electron chi connectivity index (χ2n) is 5.34. The van der Waals surface area contributed by atoms with Crippen molar-refractivity contribution < 1.29 is 14.3 Å². The monoisotopic (exact) mass is 263 g/mol. The molecule has 0 unspecified atom stereocenters. The number of ether oxygens (including phenoxy) is 2. The molecule has 2 rings (SSSR count). The van der Waals surface area contributed by atoms with Gasteiger partial charge < -0.3 is 14.4 Å². The molecule has 0 aliphatic heterocycles. The number of carbonyl (C=O) groups excluding carboxylic acids is 1. The third-order valence-corrected chi connectivity index (χ3v) is 2.78. The highest BCUT2D eigenvalue weighted by molar-refractivity contribution is 5.96. The number of carbonyl (C=O) groups is 1. The molecule has 4 nitrogen and oxygen atoms in total. The summed E-state index contributed by atoms with van der Waals surface area (Å²) in [5, 5.41) is 0. The van der Waals surface area contributed by atoms with E-state index in [4.69, 9.17) is 9.47 Å². The third-order valence-electron chi connectivity index (χ3n) is 2.78. The van der Waals surface area contributed by atoms with E-state index in [1.165, 1.54) is 0 Å². The van der Waals surface area contributed by atoms with Gasteiger partial charge in [-0.1, -0.05) is 0 Å². The van der Waals surface area contributed by atoms with E-state index in [-0.39, 0.29) is 18.1 Å². The van der Waals surface area contributed by atoms with Crippen molar-refractivity contribution in [3.8, 4) is 11.5 Å². The summed E-state index contributed by atoms with van der Waals surface area (Å²) in [6.07, 6.45) is 2.47. The van der Waals surface area contributed by atoms with Crippen LogP contribution in [0.25, 0.3) is 0 Å². The summed E-state index contributed by atoms with van der Waals surface area (Å²) < 4.78 is 11.5. The fraction of sp³-hybridized carbons (Fsp3) is 0.533. The molecule has 4 heteroatoms. The number of amides is 1. The van der Waals surface area contributed by atoms with Gasteiger partial charge >= 0.3 is 0 Å². The van der Waals surface area contributed by atoms with Crippen LogP contribution < -0.4 is 9.47 Å². The van der Waals surface area contributed by atoms with Gasteiger partial charge in [0.05, 0.1) is 17.8 Å². The average Bonchev–Trinajstić information content (AvgIpc) is 3.11. The summed E-state index contributed by atoms with van der Waals surface area (Å²) in [6.45, 7) is 3.95. The van der Waals surface area contributed by atoms with Crippen LogP contribution in [0.3, 0.4) is 0 Å². The summed E-state index contributed by atoms with van der Waals surface area (Å²) in [4.78, 5) is 13.7. The molecule has 1 amide bonds. The van der Waals surface area contributed by atoms with E-state index in [9.17, 15) is 4.79 Å². The van der Waals surface area contributed by atoms with Crippen LogP contribution >= 0.6 is 0 Å². The third kappa shape index (κ3) is 3.63. The minimum absolute atomic E-state index is 0.0493. The van der Waals surface area contributed by atoms with Gasteiger partial charge in [0, 0.05) is 20.2 Å². The van der Waals surface area contributed by atoms with Crippen LogP contribution in [0, 0.1) is 0 Å². The van der Waals surface area contributed by atoms with Crippen molar-refractivity contribution >= 4 is 5.91 Å². The maximum Gasteiger partial charge on any atom is 0.257 e. The van der Waals surface area contributed by atoms with Gasteiger partial charge in [-0.15, -0.1) is 0 Å². The SMILES string of the molecule is CC(C)Oc1ccc(C(=O)N(C)C)c(OC2CC2)c1. The topological polar surface area (TPSA) is 38.8 Å². The van der Waals surface area contributed by atoms with Crippen molar-refractivity contribution in [2.45, 2.75) is 38.9 Å². The molecule has 0 atom stereocenters. The van der Waals surface area contributed by atoms with E-state index in [1.807, 2.05) is 26.0 Å². The lowest BCUT2D eigenvalue weighted by atomic mass is 10.1. The summed E-state index contributed by atoms with van der Waals surface area (Å²) >= 11 is 0. The first-order valence-electron chi connectivity index (χ1n) is 6.66. The highest BCUT2D eigenvalue weighted by Gasteiger charge is 2.26. The van der Waals surface area contributed by atoms with Gasteiger partial charge in [0.15, 0.2) is 0 Å². The van der Waals surface area contributed by atoms with Gasteiger partial charge in [0.25, 0.3) is 5.91 Å². The van der Waals surface area contributed by atoms with Crippen LogP contribution in [-0.4, -0.2) is 37.1 Å². The molecule has 1 aliphatic rings. The standard InChI is InChI=1S/C15H21NO3/c1-10(2)18-12-7-8-13(15(17)16(3)4)14(9-12)19-11-5-6-11/h7-11H,5-6H2,1-4H3. The van der Waals surface area contributed by atoms with E-state index < -0.39 is 0 Å². The van der Waals surface area contributed by atoms with Gasteiger partial charge in [-0.25, -0.2) is 0 Å². The fourth-order valence-electron chi connectivity index (χ4n) is 1.73. The largest absolute Gasteiger partial charge is 0.491 e. The van der Waals surface area contributed by atoms with E-state index in [1.54, 1.807) is 25.1 Å². The van der Waals surface area contributed by atoms with Crippen LogP contribution in [-0.2, 0) is 0 Å². The van der Waals surface area contributed by atoms with Crippen molar-refractivity contribution in [1.82, 2.24) is 4.90 Å². The first-order valence-corrected chi connectivity index (χ1v) is 6.66. The Morgan fingerprint density at radius 1 is 1.32 bits per heavy atom. The van der Waals surface area contributed by atoms with Crippen molar-refractivity contribution in [3.63, 3.8) is 0 Å². The average molecular weight is 263 g/mol. The highest BCUT2D eigenvalue weighted by atomic mass is 16.5. The molecule has 0 bridgehead atoms. The van der Waals surface area contributed by atoms with Crippen LogP contribution in [0.4, 0.5) is 0 Å². The first-order chi connectivity index (χ1) is 8.97. The Hall–Kier alpha value is -1.71. The zero-order valence-electron chi connectivity index (χ0n) is 12.0. The van der Waals surface area contributed by atoms with Gasteiger partial charge in [-0.3, -0.25) is 4.79 Å². The second kappa shape index (κ2) is 5.51. The van der Waals surface area contributed by atoms with E-state index in [0.29, 0.717) is 11.3 Å². The zero-order valence-corrected chi connectivity index (χ0v) is 12.0. The molecule has 1 saturated carbocycles. The molecule has 0 heterocycles. The van der Waals surface area contributed by atoms with Crippen molar-refractivity contribution in [3.05, 3.63) is 23.8 Å². The Morgan fingerprint density at radius 2 is 2.00 bits per heavy atom. The summed E-state index contributed by atoms with van der Waals surface area (Å²) in [7, 11) is 3.48. The van der Waals surface area contributed by atoms with Crippen molar-refractivity contribution in [2.24, 2.45) is 0 Å². The summed E-state index contributed by atoms with van der Waals surface area (Å²) in [5.74, 6) is 1.31. The predicted octanol–water partition coefficient (Wildman–Crippen LogP) is 2.72. The number of benzene rings is 1. The Bertz CT molecular complexity index is 464. The van der Waals surface area contributed by atoms with Crippen molar-refractivity contribution in [1.29, 1.82) is 0 Å². The van der Waals surface area contributed by atoms with Crippen LogP contribution in [0.2, 0.25) is 0 Å². The highest BCUT2D eigenvalue weighted by Crippen LogP contribution is 2.32. The minimum atomic E-state index is -0.0493. The van der Waals surface area contributed by atoms with Crippen LogP contribution in [0.5, 0.6) is 11.5 Å². The Balaban J connectivity index is 2.27. The molecule has 1 fully saturated rings. The quantitative estimate of drug-likeness (QED) is 0.820. The molecular weight excluding hydrogens is 242 g/mol. The number of hydrogen-bond acceptors (Lipinski definition) is 3. The second-order valence-corrected chi connectivity index (χ2v) is 5.34. The molecule has 0 spiro atoms. The maximum absolute atomic E-state index is 12.1. The number of nitrogens with zero attached hydrogens (tertiary/aromatic N) is 1. The molecular formula is C15H21NO3. The van der Waals surface area contributed by atoms with Gasteiger partial charge in [-0.05, 0) is 38.8 Å². The van der Waals surface area contributed by atoms with E-state index >= 15 is 0 Å². The smallest absolute Gasteiger partial charge is 0.257 e. The van der Waals surface area contributed by atoms with Gasteiger partial charge in [0.2, 0.25) is 0 Å². The number of rotatable bonds is 5. The number of hydrogen-bond donors (Lipinski definition) is 0. The van der Waals surface area contributed by atoms with Crippen LogP contribution in [0.15, 0.2) is 18.2 Å². The molecule has 0 saturated heterocycles. The molecule has 104 valence electrons. The lowest BCUT2D eigenvalue weighted by Gasteiger charge is -2.17. The maximum atomic E-state index is 12.1. The molecule has 1 aromatic rings. The lowest BCUT2D eigenvalue weighted by molar-refractivity contribution is 0.0822. The molecule has 0 aromatic heterocycles. The van der Waals surface area contributed by atoms with Gasteiger partial charge in [0.1, 0.15) is 11.5 Å². The molecule has 19 heavy (non-hydrogen) atoms. The first kappa shape index (κ1) is 13.7. The Labute approximate surface area is 114 Å². The van der Waals surface area contributed by atoms with E-state index in [2.05, 4.69) is 0 Å². The Kier molecular flexibility index (Phi) is 3.98. The Morgan fingerprint density at radius 3 is 2.53 bits per heavy atom. The van der Waals surface area contributed by atoms with Crippen molar-refractivity contribution in [2.75, 3.05) is 14.1 Å². The van der Waals surface area contributed by atoms with Crippen LogP contribution in [0.1, 0.15) is 37.0 Å². The summed E-state index contributed by atoms with van der Waals surface area (Å²) in [6, 6.07) is 5.41. The molecule has 1 aromatic carbocycles.